The summed E-state index contributed by atoms with van der Waals surface area (Å²) < 4.78 is 7.42. The van der Waals surface area contributed by atoms with Gasteiger partial charge in [0, 0.05) is 40.0 Å². The van der Waals surface area contributed by atoms with Gasteiger partial charge in [0.2, 0.25) is 0 Å². The van der Waals surface area contributed by atoms with Crippen molar-refractivity contribution in [1.29, 1.82) is 0 Å². The number of hydrogen-bond donors (Lipinski definition) is 2. The molecule has 6 rings (SSSR count). The maximum absolute atomic E-state index is 12.6. The molecule has 2 aromatic heterocycles. The summed E-state index contributed by atoms with van der Waals surface area (Å²) in [5.74, 6) is 1.27. The van der Waals surface area contributed by atoms with Gasteiger partial charge in [-0.25, -0.2) is 4.79 Å². The molecule has 172 valence electrons. The van der Waals surface area contributed by atoms with Crippen LogP contribution in [0.1, 0.15) is 91.7 Å². The standard InChI is InChI=1S/C28H32N2O3/c1-16-7-6-10-19-25(16)23-13-20-24(31)12-11-18(17-8-4-3-5-9-17)27(20)30(23)15-22-21(28(32)33-2)14-29-26(19)22/h11-17,25,29,31H,3-10H2,1-2H3/t16?,25-/m0/s1. The Labute approximate surface area is 193 Å². The number of carbonyl (C=O) groups excluding carboxylic acids is 1. The molecule has 2 fully saturated rings. The summed E-state index contributed by atoms with van der Waals surface area (Å²) >= 11 is 0. The second-order valence-electron chi connectivity index (χ2n) is 10.2. The first-order chi connectivity index (χ1) is 16.1. The lowest BCUT2D eigenvalue weighted by Crippen LogP contribution is -2.32. The first-order valence-electron chi connectivity index (χ1n) is 12.5. The number of nitrogens with zero attached hydrogens (tertiary/aromatic N) is 1. The Morgan fingerprint density at radius 3 is 2.76 bits per heavy atom. The van der Waals surface area contributed by atoms with E-state index in [2.05, 4.69) is 34.8 Å². The molecule has 1 aromatic carbocycles. The first kappa shape index (κ1) is 20.6. The SMILES string of the molecule is COC(=O)c1c[nH]c2c1=Cn1c(cc3c(O)ccc(C4CCCCC4)c31)[C@@H]1C=2CCCC1C. The van der Waals surface area contributed by atoms with Gasteiger partial charge in [-0.15, -0.1) is 0 Å². The molecule has 2 saturated carbocycles. The summed E-state index contributed by atoms with van der Waals surface area (Å²) in [5.41, 5.74) is 5.61. The fourth-order valence-electron chi connectivity index (χ4n) is 6.77. The number of benzene rings is 1. The zero-order chi connectivity index (χ0) is 22.7. The van der Waals surface area contributed by atoms with Crippen molar-refractivity contribution in [2.75, 3.05) is 7.11 Å². The predicted octanol–water partition coefficient (Wildman–Crippen LogP) is 4.86. The van der Waals surface area contributed by atoms with Crippen LogP contribution in [-0.2, 0) is 4.74 Å². The summed E-state index contributed by atoms with van der Waals surface area (Å²) in [5, 5.41) is 13.8. The summed E-state index contributed by atoms with van der Waals surface area (Å²) in [6.45, 7) is 2.34. The monoisotopic (exact) mass is 444 g/mol. The molecule has 1 aliphatic heterocycles. The van der Waals surface area contributed by atoms with E-state index in [9.17, 15) is 9.90 Å². The highest BCUT2D eigenvalue weighted by Crippen LogP contribution is 2.47. The van der Waals surface area contributed by atoms with E-state index < -0.39 is 0 Å². The minimum atomic E-state index is -0.319. The van der Waals surface area contributed by atoms with Gasteiger partial charge in [-0.3, -0.25) is 0 Å². The third-order valence-electron chi connectivity index (χ3n) is 8.36. The van der Waals surface area contributed by atoms with Crippen molar-refractivity contribution in [2.45, 2.75) is 70.1 Å². The lowest BCUT2D eigenvalue weighted by Gasteiger charge is -2.31. The van der Waals surface area contributed by atoms with E-state index in [-0.39, 0.29) is 11.9 Å². The van der Waals surface area contributed by atoms with Crippen LogP contribution in [0, 0.1) is 5.92 Å². The molecule has 2 aliphatic carbocycles. The van der Waals surface area contributed by atoms with Gasteiger partial charge < -0.3 is 19.4 Å². The zero-order valence-electron chi connectivity index (χ0n) is 19.5. The van der Waals surface area contributed by atoms with E-state index in [4.69, 9.17) is 4.74 Å². The zero-order valence-corrected chi connectivity index (χ0v) is 19.5. The Morgan fingerprint density at radius 2 is 1.97 bits per heavy atom. The highest BCUT2D eigenvalue weighted by molar-refractivity contribution is 5.94. The highest BCUT2D eigenvalue weighted by atomic mass is 16.5. The molecule has 5 nitrogen and oxygen atoms in total. The van der Waals surface area contributed by atoms with E-state index in [1.165, 1.54) is 62.5 Å². The number of rotatable bonds is 2. The van der Waals surface area contributed by atoms with Gasteiger partial charge in [0.15, 0.2) is 0 Å². The van der Waals surface area contributed by atoms with E-state index in [1.54, 1.807) is 6.20 Å². The Balaban J connectivity index is 1.71. The van der Waals surface area contributed by atoms with Gasteiger partial charge in [0.1, 0.15) is 5.75 Å². The second-order valence-corrected chi connectivity index (χ2v) is 10.2. The van der Waals surface area contributed by atoms with Crippen molar-refractivity contribution in [2.24, 2.45) is 5.92 Å². The van der Waals surface area contributed by atoms with E-state index in [1.807, 2.05) is 6.07 Å². The lowest BCUT2D eigenvalue weighted by molar-refractivity contribution is 0.0599. The van der Waals surface area contributed by atoms with Gasteiger partial charge in [0.05, 0.1) is 18.2 Å². The van der Waals surface area contributed by atoms with Gasteiger partial charge >= 0.3 is 5.97 Å². The highest BCUT2D eigenvalue weighted by Gasteiger charge is 2.34. The van der Waals surface area contributed by atoms with Crippen molar-refractivity contribution in [3.8, 4) is 5.75 Å². The van der Waals surface area contributed by atoms with Crippen molar-refractivity contribution in [1.82, 2.24) is 9.55 Å². The average molecular weight is 445 g/mol. The number of esters is 1. The molecule has 33 heavy (non-hydrogen) atoms. The van der Waals surface area contributed by atoms with Crippen molar-refractivity contribution in [3.63, 3.8) is 0 Å². The van der Waals surface area contributed by atoms with Crippen molar-refractivity contribution < 1.29 is 14.6 Å². The number of hydrogen-bond acceptors (Lipinski definition) is 3. The topological polar surface area (TPSA) is 67.2 Å². The number of methoxy groups -OCH3 is 1. The molecule has 0 spiro atoms. The van der Waals surface area contributed by atoms with Crippen molar-refractivity contribution >= 4 is 28.6 Å². The van der Waals surface area contributed by atoms with Crippen LogP contribution >= 0.6 is 0 Å². The van der Waals surface area contributed by atoms with E-state index >= 15 is 0 Å². The molecule has 0 bridgehead atoms. The van der Waals surface area contributed by atoms with Gasteiger partial charge in [0.25, 0.3) is 0 Å². The lowest BCUT2D eigenvalue weighted by atomic mass is 9.75. The molecule has 0 saturated heterocycles. The number of fused-ring (bicyclic) bond motifs is 6. The number of ether oxygens (including phenoxy) is 1. The van der Waals surface area contributed by atoms with Gasteiger partial charge in [-0.05, 0) is 67.2 Å². The van der Waals surface area contributed by atoms with Crippen LogP contribution in [0.25, 0.3) is 22.7 Å². The average Bonchev–Trinajstić information content (AvgIpc) is 3.39. The summed E-state index contributed by atoms with van der Waals surface area (Å²) in [6, 6.07) is 6.22. The summed E-state index contributed by atoms with van der Waals surface area (Å²) in [7, 11) is 1.44. The molecule has 0 amide bonds. The van der Waals surface area contributed by atoms with Gasteiger partial charge in [-0.2, -0.15) is 0 Å². The maximum Gasteiger partial charge on any atom is 0.340 e. The molecule has 2 atom stereocenters. The number of aromatic hydroxyl groups is 1. The molecule has 3 heterocycles. The number of carbonyl (C=O) groups is 1. The van der Waals surface area contributed by atoms with Crippen LogP contribution in [-0.4, -0.2) is 27.7 Å². The molecule has 0 radical (unpaired) electrons. The molecular formula is C28H32N2O3. The third-order valence-corrected chi connectivity index (χ3v) is 8.36. The van der Waals surface area contributed by atoms with Crippen LogP contribution in [0.3, 0.4) is 0 Å². The Morgan fingerprint density at radius 1 is 1.15 bits per heavy atom. The minimum Gasteiger partial charge on any atom is -0.507 e. The van der Waals surface area contributed by atoms with Crippen LogP contribution < -0.4 is 10.6 Å². The number of phenolic OH excluding ortho intramolecular Hbond substituents is 1. The number of nitrogens with one attached hydrogen (secondary N) is 1. The maximum atomic E-state index is 12.6. The fraction of sp³-hybridized carbons (Fsp3) is 0.464. The molecule has 1 unspecified atom stereocenters. The Hall–Kier alpha value is -2.95. The predicted molar refractivity (Wildman–Crippen MR) is 130 cm³/mol. The smallest absolute Gasteiger partial charge is 0.340 e. The normalized spacial score (nSPS) is 22.8. The fourth-order valence-corrected chi connectivity index (χ4v) is 6.77. The molecule has 3 aromatic rings. The van der Waals surface area contributed by atoms with E-state index in [0.717, 1.165) is 34.3 Å². The number of phenols is 1. The molecule has 5 heteroatoms. The second kappa shape index (κ2) is 7.82. The molecule has 2 N–H and O–H groups in total. The van der Waals surface area contributed by atoms with Crippen LogP contribution in [0.4, 0.5) is 0 Å². The quantitative estimate of drug-likeness (QED) is 0.555. The molecular weight excluding hydrogens is 412 g/mol. The minimum absolute atomic E-state index is 0.256. The van der Waals surface area contributed by atoms with Crippen LogP contribution in [0.5, 0.6) is 5.75 Å². The Kier molecular flexibility index (Phi) is 4.89. The van der Waals surface area contributed by atoms with Crippen molar-refractivity contribution in [3.05, 3.63) is 51.8 Å². The first-order valence-corrected chi connectivity index (χ1v) is 12.5. The number of H-pyrrole nitrogens is 1. The van der Waals surface area contributed by atoms with Crippen LogP contribution in [0.2, 0.25) is 0 Å². The van der Waals surface area contributed by atoms with Crippen LogP contribution in [0.15, 0.2) is 24.4 Å². The summed E-state index contributed by atoms with van der Waals surface area (Å²) in [6.07, 6.45) is 13.5. The summed E-state index contributed by atoms with van der Waals surface area (Å²) in [4.78, 5) is 16.1. The van der Waals surface area contributed by atoms with Gasteiger partial charge in [-0.1, -0.05) is 32.3 Å². The third kappa shape index (κ3) is 3.08. The largest absolute Gasteiger partial charge is 0.507 e. The molecule has 3 aliphatic rings. The van der Waals surface area contributed by atoms with E-state index in [0.29, 0.717) is 23.1 Å². The Bertz CT molecular complexity index is 1370. The number of aromatic nitrogens is 2. The number of aromatic amines is 1.